The first-order chi connectivity index (χ1) is 12.2. The second-order valence-corrected chi connectivity index (χ2v) is 7.53. The third-order valence-corrected chi connectivity index (χ3v) is 5.82. The molecule has 1 heterocycles. The third kappa shape index (κ3) is 3.13. The van der Waals surface area contributed by atoms with Gasteiger partial charge < -0.3 is 10.5 Å². The van der Waals surface area contributed by atoms with E-state index in [4.69, 9.17) is 27.1 Å². The van der Waals surface area contributed by atoms with Gasteiger partial charge in [-0.15, -0.1) is 0 Å². The van der Waals surface area contributed by atoms with Gasteiger partial charge in [0.15, 0.2) is 0 Å². The molecule has 25 heavy (non-hydrogen) atoms. The highest BCUT2D eigenvalue weighted by molar-refractivity contribution is 6.30. The van der Waals surface area contributed by atoms with Crippen molar-refractivity contribution in [1.29, 1.82) is 0 Å². The number of benzene rings is 1. The van der Waals surface area contributed by atoms with Crippen molar-refractivity contribution >= 4 is 23.2 Å². The van der Waals surface area contributed by atoms with Gasteiger partial charge in [0.25, 0.3) is 6.02 Å². The van der Waals surface area contributed by atoms with Crippen LogP contribution >= 0.6 is 11.6 Å². The lowest BCUT2D eigenvalue weighted by molar-refractivity contribution is 0.160. The van der Waals surface area contributed by atoms with Crippen LogP contribution in [0.25, 0.3) is 5.57 Å². The number of ether oxygens (including phenoxy) is 1. The summed E-state index contributed by atoms with van der Waals surface area (Å²) in [5.74, 6) is 0.635. The molecule has 4 heteroatoms. The molecule has 1 aromatic rings. The number of hydrogen-bond donors (Lipinski definition) is 1. The number of nitrogens with zero attached hydrogens (tertiary/aromatic N) is 1. The van der Waals surface area contributed by atoms with Gasteiger partial charge in [-0.05, 0) is 49.0 Å². The predicted molar refractivity (Wildman–Crippen MR) is 103 cm³/mol. The minimum Gasteiger partial charge on any atom is -0.463 e. The van der Waals surface area contributed by atoms with Crippen molar-refractivity contribution in [1.82, 2.24) is 0 Å². The molecular weight excluding hydrogens is 332 g/mol. The van der Waals surface area contributed by atoms with E-state index >= 15 is 0 Å². The summed E-state index contributed by atoms with van der Waals surface area (Å²) in [4.78, 5) is 4.83. The van der Waals surface area contributed by atoms with Crippen LogP contribution < -0.4 is 5.73 Å². The Kier molecular flexibility index (Phi) is 4.43. The summed E-state index contributed by atoms with van der Waals surface area (Å²) in [7, 11) is 0. The highest BCUT2D eigenvalue weighted by atomic mass is 35.5. The van der Waals surface area contributed by atoms with E-state index in [0.717, 1.165) is 24.3 Å². The van der Waals surface area contributed by atoms with E-state index in [0.29, 0.717) is 18.5 Å². The SMILES string of the molecule is NC1=N[C@](C2C=CCCC2)(C2C=CC=C(c3cccc(Cl)c3)C2)CO1. The maximum Gasteiger partial charge on any atom is 0.282 e. The molecule has 0 aromatic heterocycles. The molecule has 130 valence electrons. The van der Waals surface area contributed by atoms with Crippen LogP contribution in [0.15, 0.2) is 59.6 Å². The number of allylic oxidation sites excluding steroid dienone is 4. The second kappa shape index (κ2) is 6.72. The van der Waals surface area contributed by atoms with Gasteiger partial charge in [0.05, 0.1) is 0 Å². The molecule has 3 atom stereocenters. The van der Waals surface area contributed by atoms with Gasteiger partial charge in [0, 0.05) is 16.9 Å². The van der Waals surface area contributed by atoms with Crippen molar-refractivity contribution in [3.05, 3.63) is 65.2 Å². The van der Waals surface area contributed by atoms with Crippen LogP contribution in [0, 0.1) is 11.8 Å². The number of hydrogen-bond acceptors (Lipinski definition) is 3. The number of rotatable bonds is 3. The Hall–Kier alpha value is -2.00. The Morgan fingerprint density at radius 3 is 2.88 bits per heavy atom. The molecule has 0 fully saturated rings. The third-order valence-electron chi connectivity index (χ3n) is 5.58. The van der Waals surface area contributed by atoms with Crippen molar-refractivity contribution in [2.45, 2.75) is 31.2 Å². The first-order valence-electron chi connectivity index (χ1n) is 8.95. The fourth-order valence-electron chi connectivity index (χ4n) is 4.27. The van der Waals surface area contributed by atoms with Gasteiger partial charge in [-0.3, -0.25) is 0 Å². The van der Waals surface area contributed by atoms with Crippen molar-refractivity contribution in [3.63, 3.8) is 0 Å². The lowest BCUT2D eigenvalue weighted by atomic mass is 9.68. The summed E-state index contributed by atoms with van der Waals surface area (Å²) >= 11 is 6.18. The Morgan fingerprint density at radius 2 is 2.16 bits per heavy atom. The van der Waals surface area contributed by atoms with Crippen LogP contribution in [0.1, 0.15) is 31.2 Å². The molecule has 2 unspecified atom stereocenters. The normalized spacial score (nSPS) is 31.4. The van der Waals surface area contributed by atoms with Crippen molar-refractivity contribution < 1.29 is 4.74 Å². The monoisotopic (exact) mass is 354 g/mol. The van der Waals surface area contributed by atoms with Gasteiger partial charge in [0.1, 0.15) is 12.1 Å². The largest absolute Gasteiger partial charge is 0.463 e. The van der Waals surface area contributed by atoms with E-state index in [1.165, 1.54) is 17.6 Å². The number of aliphatic imine (C=N–C) groups is 1. The molecule has 0 spiro atoms. The Bertz CT molecular complexity index is 780. The van der Waals surface area contributed by atoms with Crippen LogP contribution in [0.3, 0.4) is 0 Å². The summed E-state index contributed by atoms with van der Waals surface area (Å²) in [6.07, 6.45) is 15.6. The number of nitrogens with two attached hydrogens (primary N) is 1. The zero-order valence-corrected chi connectivity index (χ0v) is 15.0. The van der Waals surface area contributed by atoms with Gasteiger partial charge in [-0.25, -0.2) is 4.99 Å². The molecule has 1 aliphatic heterocycles. The average molecular weight is 355 g/mol. The quantitative estimate of drug-likeness (QED) is 0.797. The first kappa shape index (κ1) is 16.5. The van der Waals surface area contributed by atoms with Gasteiger partial charge in [-0.2, -0.15) is 0 Å². The summed E-state index contributed by atoms with van der Waals surface area (Å²) in [5.41, 5.74) is 8.10. The van der Waals surface area contributed by atoms with E-state index in [9.17, 15) is 0 Å². The molecule has 4 rings (SSSR count). The standard InChI is InChI=1S/C21H23ClN2O/c22-19-11-5-7-16(13-19)15-6-4-10-18(12-15)21(14-25-20(23)24-21)17-8-2-1-3-9-17/h2,4-8,10-11,13,17-18H,1,3,9,12,14H2,(H2,23,24)/t17?,18?,21-/m1/s1. The molecule has 2 N–H and O–H groups in total. The summed E-state index contributed by atoms with van der Waals surface area (Å²) in [6, 6.07) is 8.38. The molecule has 0 bridgehead atoms. The molecular formula is C21H23ClN2O. The van der Waals surface area contributed by atoms with Gasteiger partial charge in [-0.1, -0.05) is 54.1 Å². The lowest BCUT2D eigenvalue weighted by Crippen LogP contribution is -2.44. The Balaban J connectivity index is 1.65. The number of amidine groups is 1. The maximum atomic E-state index is 6.18. The summed E-state index contributed by atoms with van der Waals surface area (Å²) in [6.45, 7) is 0.561. The second-order valence-electron chi connectivity index (χ2n) is 7.09. The molecule has 1 aromatic carbocycles. The topological polar surface area (TPSA) is 47.6 Å². The van der Waals surface area contributed by atoms with Crippen LogP contribution in [0.4, 0.5) is 0 Å². The smallest absolute Gasteiger partial charge is 0.282 e. The minimum atomic E-state index is -0.296. The lowest BCUT2D eigenvalue weighted by Gasteiger charge is -2.39. The molecule has 2 aliphatic carbocycles. The highest BCUT2D eigenvalue weighted by Gasteiger charge is 2.48. The van der Waals surface area contributed by atoms with Gasteiger partial charge in [0.2, 0.25) is 0 Å². The van der Waals surface area contributed by atoms with Crippen LogP contribution in [0.5, 0.6) is 0 Å². The molecule has 0 saturated carbocycles. The van der Waals surface area contributed by atoms with Crippen LogP contribution in [-0.4, -0.2) is 18.2 Å². The van der Waals surface area contributed by atoms with E-state index in [2.05, 4.69) is 36.4 Å². The zero-order valence-electron chi connectivity index (χ0n) is 14.2. The summed E-state index contributed by atoms with van der Waals surface area (Å²) in [5, 5.41) is 0.765. The van der Waals surface area contributed by atoms with E-state index in [1.54, 1.807) is 0 Å². The van der Waals surface area contributed by atoms with E-state index in [1.807, 2.05) is 18.2 Å². The minimum absolute atomic E-state index is 0.264. The molecule has 0 radical (unpaired) electrons. The summed E-state index contributed by atoms with van der Waals surface area (Å²) < 4.78 is 5.65. The fourth-order valence-corrected chi connectivity index (χ4v) is 4.46. The van der Waals surface area contributed by atoms with E-state index < -0.39 is 0 Å². The van der Waals surface area contributed by atoms with Crippen LogP contribution in [-0.2, 0) is 4.74 Å². The van der Waals surface area contributed by atoms with Crippen molar-refractivity contribution in [2.24, 2.45) is 22.6 Å². The fraction of sp³-hybridized carbons (Fsp3) is 0.381. The Labute approximate surface area is 153 Å². The number of halogens is 1. The highest BCUT2D eigenvalue weighted by Crippen LogP contribution is 2.45. The van der Waals surface area contributed by atoms with Crippen molar-refractivity contribution in [3.8, 4) is 0 Å². The van der Waals surface area contributed by atoms with Gasteiger partial charge >= 0.3 is 0 Å². The first-order valence-corrected chi connectivity index (χ1v) is 9.33. The van der Waals surface area contributed by atoms with Crippen LogP contribution in [0.2, 0.25) is 5.02 Å². The molecule has 3 nitrogen and oxygen atoms in total. The predicted octanol–water partition coefficient (Wildman–Crippen LogP) is 4.74. The van der Waals surface area contributed by atoms with Crippen molar-refractivity contribution in [2.75, 3.05) is 6.61 Å². The molecule has 0 amide bonds. The molecule has 3 aliphatic rings. The maximum absolute atomic E-state index is 6.18. The van der Waals surface area contributed by atoms with E-state index in [-0.39, 0.29) is 11.5 Å². The Morgan fingerprint density at radius 1 is 1.24 bits per heavy atom. The average Bonchev–Trinajstić information content (AvgIpc) is 3.06. The zero-order chi connectivity index (χ0) is 17.3. The molecule has 0 saturated heterocycles.